The summed E-state index contributed by atoms with van der Waals surface area (Å²) in [4.78, 5) is 12.1. The first-order valence-corrected chi connectivity index (χ1v) is 6.95. The number of hydrogen-bond donors (Lipinski definition) is 0. The second-order valence-electron chi connectivity index (χ2n) is 5.65. The molecule has 2 nitrogen and oxygen atoms in total. The van der Waals surface area contributed by atoms with Crippen LogP contribution in [0.15, 0.2) is 36.4 Å². The molecule has 2 heteroatoms. The zero-order valence-electron chi connectivity index (χ0n) is 10.8. The minimum absolute atomic E-state index is 0.106. The highest BCUT2D eigenvalue weighted by atomic mass is 16.6. The van der Waals surface area contributed by atoms with Crippen molar-refractivity contribution >= 4 is 28.7 Å². The van der Waals surface area contributed by atoms with Crippen LogP contribution in [0.2, 0.25) is 0 Å². The second-order valence-corrected chi connectivity index (χ2v) is 5.65. The van der Waals surface area contributed by atoms with Crippen molar-refractivity contribution in [2.24, 2.45) is 0 Å². The van der Waals surface area contributed by atoms with Crippen LogP contribution in [0.3, 0.4) is 0 Å². The number of carbonyl (C=O) groups is 1. The molecular formula is C18H12O2. The Balaban J connectivity index is 1.93. The topological polar surface area (TPSA) is 29.6 Å². The highest BCUT2D eigenvalue weighted by Gasteiger charge is 2.35. The number of epoxide rings is 1. The largest absolute Gasteiger partial charge is 0.372 e. The fraction of sp³-hybridized carbons (Fsp3) is 0.167. The Morgan fingerprint density at radius 1 is 0.950 bits per heavy atom. The maximum atomic E-state index is 12.1. The molecule has 2 atom stereocenters. The minimum Gasteiger partial charge on any atom is -0.372 e. The van der Waals surface area contributed by atoms with Crippen LogP contribution >= 0.6 is 0 Å². The molecule has 2 aromatic carbocycles. The van der Waals surface area contributed by atoms with Crippen LogP contribution in [-0.4, -0.2) is 18.5 Å². The third-order valence-corrected chi connectivity index (χ3v) is 4.54. The first kappa shape index (κ1) is 10.6. The summed E-state index contributed by atoms with van der Waals surface area (Å²) in [5.41, 5.74) is 4.48. The van der Waals surface area contributed by atoms with E-state index in [1.54, 1.807) is 6.08 Å². The molecule has 0 radical (unpaired) electrons. The fourth-order valence-corrected chi connectivity index (χ4v) is 3.49. The van der Waals surface area contributed by atoms with Gasteiger partial charge in [0.15, 0.2) is 5.78 Å². The van der Waals surface area contributed by atoms with Crippen LogP contribution in [-0.2, 0) is 4.74 Å². The lowest BCUT2D eigenvalue weighted by atomic mass is 9.80. The van der Waals surface area contributed by atoms with Gasteiger partial charge in [-0.3, -0.25) is 4.79 Å². The van der Waals surface area contributed by atoms with Gasteiger partial charge in [-0.25, -0.2) is 0 Å². The van der Waals surface area contributed by atoms with Crippen molar-refractivity contribution in [3.05, 3.63) is 58.7 Å². The van der Waals surface area contributed by atoms with Crippen molar-refractivity contribution in [2.45, 2.75) is 12.0 Å². The van der Waals surface area contributed by atoms with E-state index >= 15 is 0 Å². The zero-order chi connectivity index (χ0) is 13.3. The van der Waals surface area contributed by atoms with Crippen LogP contribution in [0.5, 0.6) is 0 Å². The molecule has 0 bridgehead atoms. The van der Waals surface area contributed by atoms with Crippen LogP contribution in [0.25, 0.3) is 22.9 Å². The monoisotopic (exact) mass is 260 g/mol. The van der Waals surface area contributed by atoms with Crippen LogP contribution in [0, 0.1) is 0 Å². The summed E-state index contributed by atoms with van der Waals surface area (Å²) in [6.07, 6.45) is 8.31. The second kappa shape index (κ2) is 3.47. The van der Waals surface area contributed by atoms with Crippen molar-refractivity contribution in [1.29, 1.82) is 0 Å². The van der Waals surface area contributed by atoms with Gasteiger partial charge in [-0.1, -0.05) is 36.4 Å². The van der Waals surface area contributed by atoms with Gasteiger partial charge in [0.05, 0.1) is 12.7 Å². The van der Waals surface area contributed by atoms with E-state index in [9.17, 15) is 4.79 Å². The lowest BCUT2D eigenvalue weighted by Crippen LogP contribution is -2.10. The Kier molecular flexibility index (Phi) is 1.83. The minimum atomic E-state index is 0.106. The number of ketones is 1. The highest BCUT2D eigenvalue weighted by molar-refractivity contribution is 6.21. The van der Waals surface area contributed by atoms with Crippen molar-refractivity contribution < 1.29 is 9.53 Å². The average molecular weight is 260 g/mol. The molecule has 2 aromatic rings. The van der Waals surface area contributed by atoms with E-state index in [4.69, 9.17) is 4.74 Å². The van der Waals surface area contributed by atoms with E-state index in [0.29, 0.717) is 12.0 Å². The third kappa shape index (κ3) is 1.24. The van der Waals surface area contributed by atoms with E-state index in [2.05, 4.69) is 30.4 Å². The summed E-state index contributed by atoms with van der Waals surface area (Å²) >= 11 is 0. The van der Waals surface area contributed by atoms with Gasteiger partial charge in [-0.05, 0) is 34.2 Å². The van der Waals surface area contributed by atoms with Crippen LogP contribution < -0.4 is 0 Å². The Bertz CT molecular complexity index is 838. The molecule has 1 saturated heterocycles. The van der Waals surface area contributed by atoms with Gasteiger partial charge in [-0.15, -0.1) is 0 Å². The summed E-state index contributed by atoms with van der Waals surface area (Å²) in [6.45, 7) is 0.839. The van der Waals surface area contributed by atoms with E-state index in [-0.39, 0.29) is 5.78 Å². The Morgan fingerprint density at radius 2 is 1.75 bits per heavy atom. The van der Waals surface area contributed by atoms with Gasteiger partial charge in [-0.2, -0.15) is 0 Å². The lowest BCUT2D eigenvalue weighted by Gasteiger charge is -2.23. The Hall–Kier alpha value is -2.19. The molecule has 2 aliphatic carbocycles. The maximum absolute atomic E-state index is 12.1. The maximum Gasteiger partial charge on any atom is 0.186 e. The molecule has 1 aliphatic heterocycles. The Morgan fingerprint density at radius 3 is 2.60 bits per heavy atom. The van der Waals surface area contributed by atoms with Crippen molar-refractivity contribution in [2.75, 3.05) is 6.61 Å². The SMILES string of the molecule is O=C1C=Cc2ccc3c4c(ccc1c24)C=CC3C1CO1. The molecule has 1 heterocycles. The van der Waals surface area contributed by atoms with E-state index < -0.39 is 0 Å². The van der Waals surface area contributed by atoms with Gasteiger partial charge in [0, 0.05) is 16.9 Å². The van der Waals surface area contributed by atoms with E-state index in [1.165, 1.54) is 16.5 Å². The summed E-state index contributed by atoms with van der Waals surface area (Å²) in [5.74, 6) is 0.433. The smallest absolute Gasteiger partial charge is 0.186 e. The molecular weight excluding hydrogens is 248 g/mol. The normalized spacial score (nSPS) is 25.3. The fourth-order valence-electron chi connectivity index (χ4n) is 3.49. The predicted molar refractivity (Wildman–Crippen MR) is 78.8 cm³/mol. The molecule has 1 fully saturated rings. The number of hydrogen-bond acceptors (Lipinski definition) is 2. The van der Waals surface area contributed by atoms with Gasteiger partial charge in [0.2, 0.25) is 0 Å². The Labute approximate surface area is 116 Å². The first-order chi connectivity index (χ1) is 9.83. The summed E-state index contributed by atoms with van der Waals surface area (Å²) < 4.78 is 5.48. The number of rotatable bonds is 1. The summed E-state index contributed by atoms with van der Waals surface area (Å²) in [5, 5.41) is 2.35. The predicted octanol–water partition coefficient (Wildman–Crippen LogP) is 3.56. The van der Waals surface area contributed by atoms with E-state index in [0.717, 1.165) is 23.1 Å². The molecule has 3 aliphatic rings. The van der Waals surface area contributed by atoms with Crippen LogP contribution in [0.4, 0.5) is 0 Å². The van der Waals surface area contributed by atoms with Crippen LogP contribution in [0.1, 0.15) is 33.0 Å². The highest BCUT2D eigenvalue weighted by Crippen LogP contribution is 2.43. The molecule has 96 valence electrons. The standard InChI is InChI=1S/C18H12O2/c19-15-8-4-11-2-6-13-12(16-9-20-16)5-1-10-3-7-14(15)18(11)17(10)13/h1-8,12,16H,9H2. The quantitative estimate of drug-likeness (QED) is 0.734. The van der Waals surface area contributed by atoms with Gasteiger partial charge >= 0.3 is 0 Å². The molecule has 0 aromatic heterocycles. The molecule has 0 N–H and O–H groups in total. The van der Waals surface area contributed by atoms with E-state index in [1.807, 2.05) is 12.1 Å². The zero-order valence-corrected chi connectivity index (χ0v) is 10.8. The summed E-state index contributed by atoms with van der Waals surface area (Å²) in [7, 11) is 0. The third-order valence-electron chi connectivity index (χ3n) is 4.54. The van der Waals surface area contributed by atoms with Gasteiger partial charge < -0.3 is 4.74 Å². The number of ether oxygens (including phenoxy) is 1. The molecule has 2 unspecified atom stereocenters. The number of carbonyl (C=O) groups excluding carboxylic acids is 1. The molecule has 5 rings (SSSR count). The lowest BCUT2D eigenvalue weighted by molar-refractivity contribution is 0.104. The number of benzene rings is 2. The van der Waals surface area contributed by atoms with Crippen molar-refractivity contribution in [3.63, 3.8) is 0 Å². The number of allylic oxidation sites excluding steroid dienone is 1. The van der Waals surface area contributed by atoms with Crippen molar-refractivity contribution in [3.8, 4) is 0 Å². The van der Waals surface area contributed by atoms with Gasteiger partial charge in [0.25, 0.3) is 0 Å². The molecule has 0 saturated carbocycles. The van der Waals surface area contributed by atoms with Crippen molar-refractivity contribution in [1.82, 2.24) is 0 Å². The molecule has 20 heavy (non-hydrogen) atoms. The molecule has 0 spiro atoms. The average Bonchev–Trinajstić information content (AvgIpc) is 3.31. The first-order valence-electron chi connectivity index (χ1n) is 6.95. The van der Waals surface area contributed by atoms with Gasteiger partial charge in [0.1, 0.15) is 0 Å². The summed E-state index contributed by atoms with van der Waals surface area (Å²) in [6, 6.07) is 8.33. The molecule has 0 amide bonds.